The molecule has 1 aromatic heterocycles. The van der Waals surface area contributed by atoms with Gasteiger partial charge in [-0.15, -0.1) is 0 Å². The molecule has 0 aliphatic carbocycles. The van der Waals surface area contributed by atoms with Gasteiger partial charge in [-0.3, -0.25) is 0 Å². The highest BCUT2D eigenvalue weighted by Gasteiger charge is 2.29. The maximum Gasteiger partial charge on any atom is 0.243 e. The molecule has 2 heterocycles. The summed E-state index contributed by atoms with van der Waals surface area (Å²) in [6.45, 7) is 1.80. The van der Waals surface area contributed by atoms with E-state index in [1.165, 1.54) is 16.4 Å². The molecule has 27 heavy (non-hydrogen) atoms. The number of piperazine rings is 1. The zero-order valence-corrected chi connectivity index (χ0v) is 16.3. The minimum atomic E-state index is -3.62. The van der Waals surface area contributed by atoms with Gasteiger partial charge in [-0.25, -0.2) is 17.8 Å². The summed E-state index contributed by atoms with van der Waals surface area (Å²) < 4.78 is 46.3. The van der Waals surface area contributed by atoms with Crippen LogP contribution in [0.3, 0.4) is 0 Å². The molecule has 0 amide bonds. The number of benzene rings is 2. The lowest BCUT2D eigenvalue weighted by Gasteiger charge is -2.33. The predicted molar refractivity (Wildman–Crippen MR) is 104 cm³/mol. The van der Waals surface area contributed by atoms with E-state index in [4.69, 9.17) is 4.74 Å². The minimum absolute atomic E-state index is 0.113. The molecule has 4 rings (SSSR count). The van der Waals surface area contributed by atoms with Crippen LogP contribution in [0.25, 0.3) is 10.2 Å². The van der Waals surface area contributed by atoms with Gasteiger partial charge in [-0.2, -0.15) is 4.31 Å². The molecule has 0 bridgehead atoms. The monoisotopic (exact) mass is 407 g/mol. The van der Waals surface area contributed by atoms with Gasteiger partial charge in [-0.1, -0.05) is 17.4 Å². The molecule has 142 valence electrons. The van der Waals surface area contributed by atoms with Crippen LogP contribution in [0.2, 0.25) is 0 Å². The van der Waals surface area contributed by atoms with Crippen molar-refractivity contribution in [2.24, 2.45) is 0 Å². The molecule has 0 radical (unpaired) electrons. The number of aromatic nitrogens is 1. The van der Waals surface area contributed by atoms with Crippen LogP contribution in [0.4, 0.5) is 9.52 Å². The zero-order valence-electron chi connectivity index (χ0n) is 14.6. The fourth-order valence-corrected chi connectivity index (χ4v) is 5.54. The van der Waals surface area contributed by atoms with Crippen LogP contribution >= 0.6 is 11.3 Å². The number of halogens is 1. The van der Waals surface area contributed by atoms with E-state index in [0.717, 1.165) is 33.2 Å². The van der Waals surface area contributed by atoms with Gasteiger partial charge < -0.3 is 9.64 Å². The summed E-state index contributed by atoms with van der Waals surface area (Å²) in [5.41, 5.74) is 0.821. The van der Waals surface area contributed by atoms with Gasteiger partial charge in [0.15, 0.2) is 5.13 Å². The van der Waals surface area contributed by atoms with Crippen molar-refractivity contribution in [2.75, 3.05) is 38.2 Å². The molecule has 1 aliphatic heterocycles. The normalized spacial score (nSPS) is 16.0. The number of hydrogen-bond acceptors (Lipinski definition) is 6. The van der Waals surface area contributed by atoms with Crippen molar-refractivity contribution in [3.05, 3.63) is 48.3 Å². The molecule has 3 aromatic rings. The second kappa shape index (κ2) is 7.06. The molecule has 1 saturated heterocycles. The first kappa shape index (κ1) is 18.1. The summed E-state index contributed by atoms with van der Waals surface area (Å²) in [6.07, 6.45) is 0. The van der Waals surface area contributed by atoms with Crippen LogP contribution in [-0.2, 0) is 10.0 Å². The number of fused-ring (bicyclic) bond motifs is 1. The molecule has 0 saturated carbocycles. The lowest BCUT2D eigenvalue weighted by atomic mass is 10.3. The average Bonchev–Trinajstić information content (AvgIpc) is 3.13. The Labute approximate surface area is 160 Å². The van der Waals surface area contributed by atoms with E-state index in [2.05, 4.69) is 9.88 Å². The van der Waals surface area contributed by atoms with Crippen molar-refractivity contribution in [2.45, 2.75) is 4.90 Å². The van der Waals surface area contributed by atoms with Crippen LogP contribution in [0.1, 0.15) is 0 Å². The predicted octanol–water partition coefficient (Wildman–Crippen LogP) is 2.95. The lowest BCUT2D eigenvalue weighted by Crippen LogP contribution is -2.48. The van der Waals surface area contributed by atoms with E-state index >= 15 is 0 Å². The number of ether oxygens (including phenoxy) is 1. The Hall–Kier alpha value is -2.23. The summed E-state index contributed by atoms with van der Waals surface area (Å²) in [7, 11) is -2.00. The Morgan fingerprint density at radius 1 is 1.07 bits per heavy atom. The molecule has 0 N–H and O–H groups in total. The maximum absolute atomic E-state index is 13.1. The molecule has 2 aromatic carbocycles. The molecule has 9 heteroatoms. The topological polar surface area (TPSA) is 62.7 Å². The number of anilines is 1. The lowest BCUT2D eigenvalue weighted by molar-refractivity contribution is 0.384. The first-order valence-electron chi connectivity index (χ1n) is 8.43. The summed E-state index contributed by atoms with van der Waals surface area (Å²) in [5.74, 6) is 0.276. The molecule has 1 fully saturated rings. The number of nitrogens with zero attached hydrogens (tertiary/aromatic N) is 3. The second-order valence-electron chi connectivity index (χ2n) is 6.15. The first-order chi connectivity index (χ1) is 13.0. The van der Waals surface area contributed by atoms with E-state index in [-0.39, 0.29) is 4.90 Å². The largest absolute Gasteiger partial charge is 0.494 e. The Kier molecular flexibility index (Phi) is 4.75. The Bertz CT molecular complexity index is 1060. The van der Waals surface area contributed by atoms with Crippen LogP contribution in [0, 0.1) is 5.82 Å². The average molecular weight is 407 g/mol. The highest BCUT2D eigenvalue weighted by molar-refractivity contribution is 7.89. The number of para-hydroxylation sites is 1. The number of sulfonamides is 1. The summed E-state index contributed by atoms with van der Waals surface area (Å²) in [5, 5.41) is 0.855. The molecule has 0 spiro atoms. The Morgan fingerprint density at radius 3 is 2.44 bits per heavy atom. The van der Waals surface area contributed by atoms with Crippen molar-refractivity contribution < 1.29 is 17.5 Å². The van der Waals surface area contributed by atoms with Gasteiger partial charge in [0, 0.05) is 26.2 Å². The SMILES string of the molecule is COc1cccc2sc(N3CCN(S(=O)(=O)c4ccc(F)cc4)CC3)nc12. The quantitative estimate of drug-likeness (QED) is 0.665. The van der Waals surface area contributed by atoms with Crippen molar-refractivity contribution >= 4 is 36.7 Å². The fourth-order valence-electron chi connectivity index (χ4n) is 3.09. The summed E-state index contributed by atoms with van der Waals surface area (Å²) >= 11 is 1.57. The van der Waals surface area contributed by atoms with Crippen molar-refractivity contribution in [3.8, 4) is 5.75 Å². The summed E-state index contributed by atoms with van der Waals surface area (Å²) in [4.78, 5) is 6.87. The molecular weight excluding hydrogens is 389 g/mol. The van der Waals surface area contributed by atoms with Crippen LogP contribution in [0.15, 0.2) is 47.4 Å². The third kappa shape index (κ3) is 3.38. The molecule has 1 aliphatic rings. The highest BCUT2D eigenvalue weighted by atomic mass is 32.2. The van der Waals surface area contributed by atoms with E-state index in [9.17, 15) is 12.8 Å². The van der Waals surface area contributed by atoms with Gasteiger partial charge >= 0.3 is 0 Å². The van der Waals surface area contributed by atoms with Gasteiger partial charge in [0.25, 0.3) is 0 Å². The fraction of sp³-hybridized carbons (Fsp3) is 0.278. The third-order valence-electron chi connectivity index (χ3n) is 4.55. The van der Waals surface area contributed by atoms with Gasteiger partial charge in [0.05, 0.1) is 16.7 Å². The van der Waals surface area contributed by atoms with Gasteiger partial charge in [0.1, 0.15) is 17.1 Å². The van der Waals surface area contributed by atoms with Gasteiger partial charge in [-0.05, 0) is 36.4 Å². The van der Waals surface area contributed by atoms with E-state index in [1.54, 1.807) is 18.4 Å². The number of thiazole rings is 1. The van der Waals surface area contributed by atoms with Crippen LogP contribution in [0.5, 0.6) is 5.75 Å². The second-order valence-corrected chi connectivity index (χ2v) is 9.10. The highest BCUT2D eigenvalue weighted by Crippen LogP contribution is 2.34. The van der Waals surface area contributed by atoms with Crippen LogP contribution < -0.4 is 9.64 Å². The number of hydrogen-bond donors (Lipinski definition) is 0. The minimum Gasteiger partial charge on any atom is -0.494 e. The van der Waals surface area contributed by atoms with E-state index in [1.807, 2.05) is 18.2 Å². The van der Waals surface area contributed by atoms with Crippen molar-refractivity contribution in [3.63, 3.8) is 0 Å². The van der Waals surface area contributed by atoms with Crippen molar-refractivity contribution in [1.29, 1.82) is 0 Å². The molecule has 0 atom stereocenters. The molecule has 6 nitrogen and oxygen atoms in total. The molecular formula is C18H18FN3O3S2. The van der Waals surface area contributed by atoms with E-state index in [0.29, 0.717) is 26.2 Å². The van der Waals surface area contributed by atoms with Crippen molar-refractivity contribution in [1.82, 2.24) is 9.29 Å². The number of rotatable bonds is 4. The third-order valence-corrected chi connectivity index (χ3v) is 7.55. The molecule has 0 unspecified atom stereocenters. The van der Waals surface area contributed by atoms with Crippen LogP contribution in [-0.4, -0.2) is 51.0 Å². The van der Waals surface area contributed by atoms with Gasteiger partial charge in [0.2, 0.25) is 10.0 Å². The Morgan fingerprint density at radius 2 is 1.78 bits per heavy atom. The number of methoxy groups -OCH3 is 1. The standard InChI is InChI=1S/C18H18FN3O3S2/c1-25-15-3-2-4-16-17(15)20-18(26-16)21-9-11-22(12-10-21)27(23,24)14-7-5-13(19)6-8-14/h2-8H,9-12H2,1H3. The zero-order chi connectivity index (χ0) is 19.0. The first-order valence-corrected chi connectivity index (χ1v) is 10.7. The Balaban J connectivity index is 1.51. The smallest absolute Gasteiger partial charge is 0.243 e. The maximum atomic E-state index is 13.1. The van der Waals surface area contributed by atoms with E-state index < -0.39 is 15.8 Å². The summed E-state index contributed by atoms with van der Waals surface area (Å²) in [6, 6.07) is 10.7.